The quantitative estimate of drug-likeness (QED) is 0.175. The first-order valence-corrected chi connectivity index (χ1v) is 9.58. The van der Waals surface area contributed by atoms with Gasteiger partial charge in [0.2, 0.25) is 0 Å². The Kier molecular flexibility index (Phi) is 8.96. The number of alkyl carbamates (subject to hydrolysis) is 1. The van der Waals surface area contributed by atoms with Crippen LogP contribution in [0, 0.1) is 0 Å². The van der Waals surface area contributed by atoms with Gasteiger partial charge in [0.25, 0.3) is 0 Å². The van der Waals surface area contributed by atoms with E-state index in [0.717, 1.165) is 0 Å². The minimum Gasteiger partial charge on any atom is -0.441 e. The zero-order valence-corrected chi connectivity index (χ0v) is 16.0. The molecule has 10 atom stereocenters. The molecule has 1 aliphatic carbocycles. The second-order valence-electron chi connectivity index (χ2n) is 7.37. The molecule has 2 rings (SSSR count). The Bertz CT molecular complexity index is 530. The van der Waals surface area contributed by atoms with Crippen LogP contribution in [0.25, 0.3) is 0 Å². The largest absolute Gasteiger partial charge is 0.441 e. The number of aliphatic hydroxyl groups excluding tert-OH is 4. The topological polar surface area (TPSA) is 242 Å². The molecule has 0 aromatic carbocycles. The summed E-state index contributed by atoms with van der Waals surface area (Å²) in [5.41, 5.74) is 23.5. The minimum atomic E-state index is -1.37. The van der Waals surface area contributed by atoms with Crippen molar-refractivity contribution in [3.8, 4) is 0 Å². The van der Waals surface area contributed by atoms with Crippen LogP contribution in [0.4, 0.5) is 4.79 Å². The first-order valence-electron chi connectivity index (χ1n) is 9.58. The van der Waals surface area contributed by atoms with Gasteiger partial charge in [-0.15, -0.1) is 0 Å². The van der Waals surface area contributed by atoms with Crippen LogP contribution in [-0.4, -0.2) is 107 Å². The highest BCUT2D eigenvalue weighted by Gasteiger charge is 2.49. The standard InChI is InChI=1S/C16H33N5O8/c17-5-8-11(24)12(25)9(20)15(27-8)28-13-7(19)4-6(18)10(23)14(13)29-16(26)21-2-1-3-22/h6-15,22-25H,1-5,17-20H2,(H,21,26)/t6-,7+,8-,9-,10+,11-,12-,13-,14-,15-/m1/s1. The molecule has 29 heavy (non-hydrogen) atoms. The van der Waals surface area contributed by atoms with Crippen molar-refractivity contribution in [2.24, 2.45) is 22.9 Å². The Morgan fingerprint density at radius 3 is 2.38 bits per heavy atom. The molecule has 13 nitrogen and oxygen atoms in total. The summed E-state index contributed by atoms with van der Waals surface area (Å²) in [4.78, 5) is 12.0. The molecule has 2 fully saturated rings. The van der Waals surface area contributed by atoms with Crippen LogP contribution in [0.2, 0.25) is 0 Å². The van der Waals surface area contributed by atoms with E-state index < -0.39 is 67.1 Å². The van der Waals surface area contributed by atoms with Gasteiger partial charge in [0.15, 0.2) is 12.4 Å². The molecule has 1 heterocycles. The third kappa shape index (κ3) is 5.73. The molecule has 0 unspecified atom stereocenters. The molecule has 0 radical (unpaired) electrons. The fourth-order valence-corrected chi connectivity index (χ4v) is 3.44. The number of carbonyl (C=O) groups is 1. The van der Waals surface area contributed by atoms with Gasteiger partial charge in [-0.1, -0.05) is 0 Å². The summed E-state index contributed by atoms with van der Waals surface area (Å²) in [7, 11) is 0. The molecule has 1 aliphatic heterocycles. The molecule has 1 saturated carbocycles. The van der Waals surface area contributed by atoms with Crippen molar-refractivity contribution in [3.05, 3.63) is 0 Å². The molecular formula is C16H33N5O8. The Labute approximate surface area is 168 Å². The van der Waals surface area contributed by atoms with Crippen LogP contribution >= 0.6 is 0 Å². The maximum absolute atomic E-state index is 12.0. The van der Waals surface area contributed by atoms with E-state index in [-0.39, 0.29) is 26.1 Å². The Morgan fingerprint density at radius 1 is 1.07 bits per heavy atom. The van der Waals surface area contributed by atoms with Crippen molar-refractivity contribution in [2.75, 3.05) is 19.7 Å². The lowest BCUT2D eigenvalue weighted by Crippen LogP contribution is -2.68. The van der Waals surface area contributed by atoms with Crippen molar-refractivity contribution in [3.63, 3.8) is 0 Å². The fraction of sp³-hybridized carbons (Fsp3) is 0.938. The van der Waals surface area contributed by atoms with Gasteiger partial charge in [0.1, 0.15) is 30.5 Å². The van der Waals surface area contributed by atoms with Gasteiger partial charge in [0, 0.05) is 31.8 Å². The highest BCUT2D eigenvalue weighted by atomic mass is 16.7. The van der Waals surface area contributed by atoms with Crippen LogP contribution < -0.4 is 28.3 Å². The molecule has 0 aromatic heterocycles. The SMILES string of the molecule is NC[C@H]1O[C@H](O[C@H]2[C@H](OC(=O)NCCCO)[C@@H](O)[C@H](N)C[C@@H]2N)[C@H](N)[C@@H](O)[C@@H]1O. The van der Waals surface area contributed by atoms with Crippen molar-refractivity contribution < 1.29 is 39.4 Å². The summed E-state index contributed by atoms with van der Waals surface area (Å²) in [5.74, 6) is 0. The van der Waals surface area contributed by atoms with Gasteiger partial charge in [-0.3, -0.25) is 0 Å². The number of amides is 1. The van der Waals surface area contributed by atoms with Gasteiger partial charge in [0.05, 0.1) is 6.04 Å². The monoisotopic (exact) mass is 423 g/mol. The van der Waals surface area contributed by atoms with E-state index in [2.05, 4.69) is 5.32 Å². The van der Waals surface area contributed by atoms with E-state index in [1.165, 1.54) is 0 Å². The number of aliphatic hydroxyl groups is 4. The van der Waals surface area contributed by atoms with Crippen molar-refractivity contribution in [1.82, 2.24) is 5.32 Å². The molecule has 13 N–H and O–H groups in total. The third-order valence-corrected chi connectivity index (χ3v) is 5.18. The summed E-state index contributed by atoms with van der Waals surface area (Å²) >= 11 is 0. The second kappa shape index (κ2) is 10.8. The lowest BCUT2D eigenvalue weighted by molar-refractivity contribution is -0.287. The number of nitrogens with two attached hydrogens (primary N) is 4. The predicted molar refractivity (Wildman–Crippen MR) is 99.1 cm³/mol. The number of hydrogen-bond acceptors (Lipinski definition) is 12. The number of rotatable bonds is 7. The van der Waals surface area contributed by atoms with Gasteiger partial charge in [-0.2, -0.15) is 0 Å². The lowest BCUT2D eigenvalue weighted by atomic mass is 9.84. The van der Waals surface area contributed by atoms with Crippen LogP contribution in [0.3, 0.4) is 0 Å². The molecule has 0 bridgehead atoms. The fourth-order valence-electron chi connectivity index (χ4n) is 3.44. The number of ether oxygens (including phenoxy) is 3. The zero-order chi connectivity index (χ0) is 21.7. The van der Waals surface area contributed by atoms with E-state index in [1.807, 2.05) is 0 Å². The normalized spacial score (nSPS) is 43.0. The van der Waals surface area contributed by atoms with Gasteiger partial charge in [-0.25, -0.2) is 4.79 Å². The van der Waals surface area contributed by atoms with Gasteiger partial charge >= 0.3 is 6.09 Å². The van der Waals surface area contributed by atoms with E-state index in [0.29, 0.717) is 6.42 Å². The molecule has 1 saturated heterocycles. The Morgan fingerprint density at radius 2 is 1.76 bits per heavy atom. The number of carbonyl (C=O) groups excluding carboxylic acids is 1. The van der Waals surface area contributed by atoms with Crippen molar-refractivity contribution in [1.29, 1.82) is 0 Å². The summed E-state index contributed by atoms with van der Waals surface area (Å²) in [6, 6.07) is -2.63. The maximum atomic E-state index is 12.0. The lowest BCUT2D eigenvalue weighted by Gasteiger charge is -2.46. The smallest absolute Gasteiger partial charge is 0.407 e. The number of hydrogen-bond donors (Lipinski definition) is 9. The van der Waals surface area contributed by atoms with Crippen molar-refractivity contribution in [2.45, 2.75) is 73.9 Å². The molecular weight excluding hydrogens is 390 g/mol. The van der Waals surface area contributed by atoms with Gasteiger partial charge < -0.3 is 62.9 Å². The van der Waals surface area contributed by atoms with Crippen LogP contribution in [-0.2, 0) is 14.2 Å². The summed E-state index contributed by atoms with van der Waals surface area (Å²) < 4.78 is 16.6. The van der Waals surface area contributed by atoms with E-state index in [4.69, 9.17) is 42.3 Å². The number of nitrogens with one attached hydrogen (secondary N) is 1. The zero-order valence-electron chi connectivity index (χ0n) is 16.0. The van der Waals surface area contributed by atoms with E-state index >= 15 is 0 Å². The van der Waals surface area contributed by atoms with Crippen LogP contribution in [0.15, 0.2) is 0 Å². The molecule has 13 heteroatoms. The molecule has 1 amide bonds. The minimum absolute atomic E-state index is 0.0950. The maximum Gasteiger partial charge on any atom is 0.407 e. The summed E-state index contributed by atoms with van der Waals surface area (Å²) in [6.07, 6.45) is -8.72. The first kappa shape index (κ1) is 24.1. The van der Waals surface area contributed by atoms with Gasteiger partial charge in [-0.05, 0) is 12.8 Å². The average Bonchev–Trinajstić information content (AvgIpc) is 2.68. The Hall–Kier alpha value is -1.13. The second-order valence-corrected chi connectivity index (χ2v) is 7.37. The van der Waals surface area contributed by atoms with E-state index in [9.17, 15) is 20.1 Å². The van der Waals surface area contributed by atoms with Crippen molar-refractivity contribution >= 4 is 6.09 Å². The van der Waals surface area contributed by atoms with E-state index in [1.54, 1.807) is 0 Å². The summed E-state index contributed by atoms with van der Waals surface area (Å²) in [5, 5.41) is 41.8. The van der Waals surface area contributed by atoms with Crippen LogP contribution in [0.5, 0.6) is 0 Å². The first-order chi connectivity index (χ1) is 13.7. The highest BCUT2D eigenvalue weighted by molar-refractivity contribution is 5.67. The summed E-state index contributed by atoms with van der Waals surface area (Å²) in [6.45, 7) is -0.0376. The molecule has 2 aliphatic rings. The van der Waals surface area contributed by atoms with Crippen LogP contribution in [0.1, 0.15) is 12.8 Å². The third-order valence-electron chi connectivity index (χ3n) is 5.18. The Balaban J connectivity index is 2.12. The highest BCUT2D eigenvalue weighted by Crippen LogP contribution is 2.28. The molecule has 0 spiro atoms. The molecule has 170 valence electrons. The predicted octanol–water partition coefficient (Wildman–Crippen LogP) is -5.00. The average molecular weight is 423 g/mol. The molecule has 0 aromatic rings.